The Labute approximate surface area is 155 Å². The normalized spacial score (nSPS) is 16.2. The molecule has 0 aromatic heterocycles. The monoisotopic (exact) mass is 409 g/mol. The van der Waals surface area contributed by atoms with Crippen LogP contribution in [0.4, 0.5) is 22.0 Å². The smallest absolute Gasteiger partial charge is 0.259 e. The standard InChI is InChI=1S/C16H16F5N3O4/c17-11-8(12(18)14(20)15(21)13(11)19)1-2-10(26)22-9(7-25)16(27)23-24-3-5-28-6-4-24/h1-2,9,25H,3-7H2,(H,22,26)(H,23,27)/t9-/m0/s1. The van der Waals surface area contributed by atoms with Crippen molar-refractivity contribution in [2.45, 2.75) is 6.04 Å². The number of amides is 2. The quantitative estimate of drug-likeness (QED) is 0.271. The van der Waals surface area contributed by atoms with Gasteiger partial charge in [0.05, 0.1) is 25.4 Å². The molecule has 28 heavy (non-hydrogen) atoms. The Bertz CT molecular complexity index is 755. The van der Waals surface area contributed by atoms with Gasteiger partial charge in [-0.05, 0) is 6.08 Å². The highest BCUT2D eigenvalue weighted by molar-refractivity contribution is 5.95. The Morgan fingerprint density at radius 3 is 2.11 bits per heavy atom. The Morgan fingerprint density at radius 2 is 1.57 bits per heavy atom. The summed E-state index contributed by atoms with van der Waals surface area (Å²) in [6, 6.07) is -1.41. The van der Waals surface area contributed by atoms with E-state index in [0.29, 0.717) is 38.5 Å². The Balaban J connectivity index is 2.04. The van der Waals surface area contributed by atoms with Crippen molar-refractivity contribution in [1.82, 2.24) is 15.8 Å². The molecule has 1 fully saturated rings. The van der Waals surface area contributed by atoms with Crippen LogP contribution < -0.4 is 10.7 Å². The summed E-state index contributed by atoms with van der Waals surface area (Å²) in [7, 11) is 0. The van der Waals surface area contributed by atoms with E-state index in [9.17, 15) is 36.6 Å². The van der Waals surface area contributed by atoms with Gasteiger partial charge in [-0.1, -0.05) is 0 Å². The first-order chi connectivity index (χ1) is 13.3. The fourth-order valence-electron chi connectivity index (χ4n) is 2.25. The van der Waals surface area contributed by atoms with Crippen LogP contribution in [-0.4, -0.2) is 60.9 Å². The number of hydrazine groups is 1. The molecule has 154 valence electrons. The van der Waals surface area contributed by atoms with Gasteiger partial charge in [-0.2, -0.15) is 0 Å². The van der Waals surface area contributed by atoms with E-state index < -0.39 is 59.1 Å². The summed E-state index contributed by atoms with van der Waals surface area (Å²) in [6.45, 7) is 0.733. The molecule has 0 saturated carbocycles. The number of ether oxygens (including phenoxy) is 1. The minimum atomic E-state index is -2.32. The molecule has 0 spiro atoms. The SMILES string of the molecule is O=C(C=Cc1c(F)c(F)c(F)c(F)c1F)N[C@@H](CO)C(=O)NN1CCOCC1. The number of carbonyl (C=O) groups is 2. The number of rotatable bonds is 6. The molecule has 12 heteroatoms. The van der Waals surface area contributed by atoms with Crippen LogP contribution in [0.15, 0.2) is 6.08 Å². The van der Waals surface area contributed by atoms with Gasteiger partial charge in [0.1, 0.15) is 6.04 Å². The number of aliphatic hydroxyl groups excluding tert-OH is 1. The molecule has 1 aromatic rings. The molecule has 1 aromatic carbocycles. The lowest BCUT2D eigenvalue weighted by atomic mass is 10.1. The maximum Gasteiger partial charge on any atom is 0.259 e. The van der Waals surface area contributed by atoms with Crippen molar-refractivity contribution in [1.29, 1.82) is 0 Å². The molecule has 1 saturated heterocycles. The minimum Gasteiger partial charge on any atom is -0.394 e. The fraction of sp³-hybridized carbons (Fsp3) is 0.375. The zero-order valence-corrected chi connectivity index (χ0v) is 14.3. The molecule has 1 aliphatic rings. The largest absolute Gasteiger partial charge is 0.394 e. The van der Waals surface area contributed by atoms with Gasteiger partial charge in [0.2, 0.25) is 11.7 Å². The van der Waals surface area contributed by atoms with Crippen molar-refractivity contribution in [3.05, 3.63) is 40.7 Å². The lowest BCUT2D eigenvalue weighted by molar-refractivity contribution is -0.133. The van der Waals surface area contributed by atoms with Crippen LogP contribution in [0.2, 0.25) is 0 Å². The minimum absolute atomic E-state index is 0.375. The number of hydrogen-bond donors (Lipinski definition) is 3. The molecule has 1 aliphatic heterocycles. The average molecular weight is 409 g/mol. The number of carbonyl (C=O) groups excluding carboxylic acids is 2. The molecule has 0 aliphatic carbocycles. The number of hydrogen-bond acceptors (Lipinski definition) is 5. The summed E-state index contributed by atoms with van der Waals surface area (Å²) < 4.78 is 71.4. The molecule has 2 rings (SSSR count). The van der Waals surface area contributed by atoms with Gasteiger partial charge >= 0.3 is 0 Å². The second kappa shape index (κ2) is 9.57. The van der Waals surface area contributed by atoms with Crippen LogP contribution >= 0.6 is 0 Å². The molecule has 2 amide bonds. The van der Waals surface area contributed by atoms with Crippen molar-refractivity contribution in [3.8, 4) is 0 Å². The summed E-state index contributed by atoms with van der Waals surface area (Å²) in [5.41, 5.74) is 1.13. The molecule has 7 nitrogen and oxygen atoms in total. The lowest BCUT2D eigenvalue weighted by Gasteiger charge is -2.28. The summed E-state index contributed by atoms with van der Waals surface area (Å²) in [5, 5.41) is 12.8. The van der Waals surface area contributed by atoms with Crippen molar-refractivity contribution in [2.75, 3.05) is 32.9 Å². The topological polar surface area (TPSA) is 90.9 Å². The van der Waals surface area contributed by atoms with Gasteiger partial charge in [0.15, 0.2) is 23.3 Å². The van der Waals surface area contributed by atoms with Gasteiger partial charge in [-0.25, -0.2) is 27.0 Å². The maximum absolute atomic E-state index is 13.5. The Kier molecular flexibility index (Phi) is 7.43. The first-order valence-electron chi connectivity index (χ1n) is 8.00. The van der Waals surface area contributed by atoms with Gasteiger partial charge < -0.3 is 15.2 Å². The molecule has 0 bridgehead atoms. The lowest BCUT2D eigenvalue weighted by Crippen LogP contribution is -2.56. The van der Waals surface area contributed by atoms with Gasteiger partial charge in [-0.3, -0.25) is 15.0 Å². The highest BCUT2D eigenvalue weighted by atomic mass is 19.2. The predicted octanol–water partition coefficient (Wildman–Crippen LogP) is 0.236. The Morgan fingerprint density at radius 1 is 1.04 bits per heavy atom. The Hall–Kier alpha value is -2.57. The van der Waals surface area contributed by atoms with Crippen molar-refractivity contribution in [3.63, 3.8) is 0 Å². The van der Waals surface area contributed by atoms with Crippen LogP contribution in [0.25, 0.3) is 6.08 Å². The third kappa shape index (κ3) is 5.03. The molecular weight excluding hydrogens is 393 g/mol. The van der Waals surface area contributed by atoms with Gasteiger partial charge in [0, 0.05) is 19.2 Å². The van der Waals surface area contributed by atoms with Gasteiger partial charge in [-0.15, -0.1) is 0 Å². The van der Waals surface area contributed by atoms with E-state index >= 15 is 0 Å². The highest BCUT2D eigenvalue weighted by Gasteiger charge is 2.25. The van der Waals surface area contributed by atoms with Crippen molar-refractivity contribution >= 4 is 17.9 Å². The fourth-order valence-corrected chi connectivity index (χ4v) is 2.25. The van der Waals surface area contributed by atoms with E-state index in [2.05, 4.69) is 10.7 Å². The van der Waals surface area contributed by atoms with Crippen LogP contribution in [0.5, 0.6) is 0 Å². The number of benzene rings is 1. The zero-order valence-electron chi connectivity index (χ0n) is 14.3. The number of morpholine rings is 1. The molecule has 1 heterocycles. The van der Waals surface area contributed by atoms with E-state index in [1.165, 1.54) is 5.01 Å². The van der Waals surface area contributed by atoms with Crippen LogP contribution in [0.3, 0.4) is 0 Å². The molecule has 3 N–H and O–H groups in total. The zero-order chi connectivity index (χ0) is 20.8. The summed E-state index contributed by atoms with van der Waals surface area (Å²) in [6.07, 6.45) is 0.850. The number of nitrogens with zero attached hydrogens (tertiary/aromatic N) is 1. The third-order valence-corrected chi connectivity index (χ3v) is 3.74. The van der Waals surface area contributed by atoms with Crippen molar-refractivity contribution < 1.29 is 41.4 Å². The predicted molar refractivity (Wildman–Crippen MR) is 84.8 cm³/mol. The van der Waals surface area contributed by atoms with E-state index in [1.54, 1.807) is 0 Å². The van der Waals surface area contributed by atoms with Crippen LogP contribution in [0, 0.1) is 29.1 Å². The third-order valence-electron chi connectivity index (χ3n) is 3.74. The van der Waals surface area contributed by atoms with E-state index in [1.807, 2.05) is 0 Å². The van der Waals surface area contributed by atoms with E-state index in [0.717, 1.165) is 0 Å². The van der Waals surface area contributed by atoms with E-state index in [4.69, 9.17) is 4.74 Å². The summed E-state index contributed by atoms with van der Waals surface area (Å²) in [5.74, 6) is -12.7. The molecule has 0 radical (unpaired) electrons. The molecule has 0 unspecified atom stereocenters. The van der Waals surface area contributed by atoms with Gasteiger partial charge in [0.25, 0.3) is 5.91 Å². The van der Waals surface area contributed by atoms with Crippen molar-refractivity contribution in [2.24, 2.45) is 0 Å². The van der Waals surface area contributed by atoms with E-state index in [-0.39, 0.29) is 0 Å². The molecule has 1 atom stereocenters. The maximum atomic E-state index is 13.5. The summed E-state index contributed by atoms with van der Waals surface area (Å²) >= 11 is 0. The van der Waals surface area contributed by atoms with Crippen LogP contribution in [0.1, 0.15) is 5.56 Å². The number of halogens is 5. The number of nitrogens with one attached hydrogen (secondary N) is 2. The highest BCUT2D eigenvalue weighted by Crippen LogP contribution is 2.23. The van der Waals surface area contributed by atoms with Crippen LogP contribution in [-0.2, 0) is 14.3 Å². The average Bonchev–Trinajstić information content (AvgIpc) is 2.69. The number of aliphatic hydroxyl groups is 1. The molecular formula is C16H16F5N3O4. The first-order valence-corrected chi connectivity index (χ1v) is 8.00. The second-order valence-electron chi connectivity index (χ2n) is 5.64. The second-order valence-corrected chi connectivity index (χ2v) is 5.64. The summed E-state index contributed by atoms with van der Waals surface area (Å²) in [4.78, 5) is 23.8. The first kappa shape index (κ1) is 21.7.